The molecule has 0 bridgehead atoms. The van der Waals surface area contributed by atoms with Crippen molar-refractivity contribution in [1.29, 1.82) is 0 Å². The third-order valence-electron chi connectivity index (χ3n) is 15.9. The Labute approximate surface area is 537 Å². The van der Waals surface area contributed by atoms with Gasteiger partial charge >= 0.3 is 39.5 Å². The Morgan fingerprint density at radius 2 is 0.523 bits per heavy atom. The van der Waals surface area contributed by atoms with Gasteiger partial charge in [0.2, 0.25) is 0 Å². The van der Waals surface area contributed by atoms with E-state index < -0.39 is 97.5 Å². The van der Waals surface area contributed by atoms with Gasteiger partial charge in [-0.05, 0) is 43.4 Å². The fraction of sp³-hybridized carbons (Fsp3) is 0.942. The minimum Gasteiger partial charge on any atom is -0.462 e. The SMILES string of the molecule is CCCCCCCCCCCCCCC(=O)OC[C@H](COP(=O)(O)OC[C@@H](O)COP(=O)(O)OC[C@@H](COC(=O)CCCCCCCCCCC(C)C)OC(=O)CCCCCCCCCCC(C)C)OC(=O)CCCCCCCCCCCCCC(C)C. The number of carbonyl (C=O) groups is 4. The standard InChI is InChI=1S/C69H134O17P2/c1-8-9-10-11-12-13-14-17-20-29-36-43-50-66(71)79-56-64(85-68(73)52-45-38-31-21-18-15-16-19-26-33-40-47-60(2)3)58-83-87(75,76)81-54-63(70)55-82-88(77,78)84-59-65(86-69(74)53-46-39-32-25-23-28-35-42-49-62(6)7)57-80-67(72)51-44-37-30-24-22-27-34-41-48-61(4)5/h60-65,70H,8-59H2,1-7H3,(H,75,76)(H,77,78)/t63-,64-,65-/m1/s1. The van der Waals surface area contributed by atoms with Crippen molar-refractivity contribution in [2.75, 3.05) is 39.6 Å². The number of rotatable bonds is 67. The van der Waals surface area contributed by atoms with E-state index in [0.29, 0.717) is 25.7 Å². The van der Waals surface area contributed by atoms with Crippen molar-refractivity contribution in [3.05, 3.63) is 0 Å². The van der Waals surface area contributed by atoms with E-state index in [1.54, 1.807) is 0 Å². The fourth-order valence-electron chi connectivity index (χ4n) is 10.4. The molecule has 19 heteroatoms. The van der Waals surface area contributed by atoms with Crippen LogP contribution < -0.4 is 0 Å². The Kier molecular flexibility index (Phi) is 58.7. The number of aliphatic hydroxyl groups is 1. The molecule has 2 unspecified atom stereocenters. The van der Waals surface area contributed by atoms with Gasteiger partial charge in [0.1, 0.15) is 19.3 Å². The van der Waals surface area contributed by atoms with Crippen LogP contribution in [0.25, 0.3) is 0 Å². The topological polar surface area (TPSA) is 237 Å². The number of hydrogen-bond donors (Lipinski definition) is 3. The second kappa shape index (κ2) is 60.0. The molecule has 0 aliphatic heterocycles. The third kappa shape index (κ3) is 62.8. The predicted octanol–water partition coefficient (Wildman–Crippen LogP) is 19.5. The molecule has 0 amide bonds. The van der Waals surface area contributed by atoms with Crippen molar-refractivity contribution in [2.45, 2.75) is 362 Å². The van der Waals surface area contributed by atoms with Gasteiger partial charge in [-0.3, -0.25) is 37.3 Å². The minimum atomic E-state index is -4.95. The smallest absolute Gasteiger partial charge is 0.462 e. The molecule has 522 valence electrons. The molecular formula is C69H134O17P2. The van der Waals surface area contributed by atoms with Crippen LogP contribution in [-0.4, -0.2) is 96.7 Å². The summed E-state index contributed by atoms with van der Waals surface area (Å²) in [6.07, 6.45) is 43.0. The normalized spacial score (nSPS) is 14.2. The lowest BCUT2D eigenvalue weighted by Gasteiger charge is -2.21. The third-order valence-corrected chi connectivity index (χ3v) is 17.8. The van der Waals surface area contributed by atoms with Crippen molar-refractivity contribution in [3.63, 3.8) is 0 Å². The molecule has 0 aliphatic carbocycles. The minimum absolute atomic E-state index is 0.104. The molecule has 0 aromatic carbocycles. The van der Waals surface area contributed by atoms with E-state index in [0.717, 1.165) is 108 Å². The van der Waals surface area contributed by atoms with Gasteiger partial charge in [0.05, 0.1) is 26.4 Å². The first-order valence-electron chi connectivity index (χ1n) is 35.8. The molecule has 0 radical (unpaired) electrons. The number of unbranched alkanes of at least 4 members (excludes halogenated alkanes) is 35. The van der Waals surface area contributed by atoms with Crippen molar-refractivity contribution in [1.82, 2.24) is 0 Å². The Hall–Kier alpha value is -1.94. The zero-order valence-corrected chi connectivity index (χ0v) is 59.0. The number of esters is 4. The van der Waals surface area contributed by atoms with Gasteiger partial charge in [0, 0.05) is 25.7 Å². The highest BCUT2D eigenvalue weighted by molar-refractivity contribution is 7.47. The number of carbonyl (C=O) groups excluding carboxylic acids is 4. The van der Waals surface area contributed by atoms with E-state index in [-0.39, 0.29) is 25.7 Å². The second-order valence-corrected chi connectivity index (χ2v) is 29.3. The molecule has 0 heterocycles. The van der Waals surface area contributed by atoms with Gasteiger partial charge in [-0.1, -0.05) is 292 Å². The van der Waals surface area contributed by atoms with Crippen LogP contribution in [-0.2, 0) is 65.4 Å². The Bertz CT molecular complexity index is 1730. The van der Waals surface area contributed by atoms with Crippen LogP contribution in [0.2, 0.25) is 0 Å². The van der Waals surface area contributed by atoms with Crippen LogP contribution in [0.3, 0.4) is 0 Å². The quantitative estimate of drug-likeness (QED) is 0.0222. The van der Waals surface area contributed by atoms with E-state index in [1.165, 1.54) is 154 Å². The van der Waals surface area contributed by atoms with Gasteiger partial charge in [-0.15, -0.1) is 0 Å². The highest BCUT2D eigenvalue weighted by Gasteiger charge is 2.30. The summed E-state index contributed by atoms with van der Waals surface area (Å²) in [5, 5.41) is 10.6. The summed E-state index contributed by atoms with van der Waals surface area (Å²) in [5.74, 6) is 0.0812. The van der Waals surface area contributed by atoms with Crippen molar-refractivity contribution < 1.29 is 80.2 Å². The van der Waals surface area contributed by atoms with E-state index >= 15 is 0 Å². The lowest BCUT2D eigenvalue weighted by Crippen LogP contribution is -2.30. The summed E-state index contributed by atoms with van der Waals surface area (Å²) < 4.78 is 68.2. The number of aliphatic hydroxyl groups excluding tert-OH is 1. The molecule has 3 N–H and O–H groups in total. The first kappa shape index (κ1) is 86.1. The molecule has 0 aliphatic rings. The average Bonchev–Trinajstić information content (AvgIpc) is 3.50. The maximum absolute atomic E-state index is 13.0. The molecule has 5 atom stereocenters. The summed E-state index contributed by atoms with van der Waals surface area (Å²) in [7, 11) is -9.90. The number of phosphoric ester groups is 2. The molecule has 0 saturated carbocycles. The zero-order valence-electron chi connectivity index (χ0n) is 57.2. The van der Waals surface area contributed by atoms with Gasteiger partial charge in [0.25, 0.3) is 0 Å². The highest BCUT2D eigenvalue weighted by Crippen LogP contribution is 2.45. The lowest BCUT2D eigenvalue weighted by molar-refractivity contribution is -0.161. The summed E-state index contributed by atoms with van der Waals surface area (Å²) in [6.45, 7) is 11.8. The number of hydrogen-bond acceptors (Lipinski definition) is 15. The summed E-state index contributed by atoms with van der Waals surface area (Å²) in [5.41, 5.74) is 0. The van der Waals surface area contributed by atoms with Crippen LogP contribution in [0, 0.1) is 17.8 Å². The van der Waals surface area contributed by atoms with Crippen LogP contribution in [0.5, 0.6) is 0 Å². The first-order valence-corrected chi connectivity index (χ1v) is 38.8. The molecule has 0 spiro atoms. The van der Waals surface area contributed by atoms with E-state index in [1.807, 2.05) is 0 Å². The molecular weight excluding hydrogens is 1160 g/mol. The summed E-state index contributed by atoms with van der Waals surface area (Å²) in [4.78, 5) is 72.5. The molecule has 0 rings (SSSR count). The fourth-order valence-corrected chi connectivity index (χ4v) is 11.9. The zero-order chi connectivity index (χ0) is 65.2. The van der Waals surface area contributed by atoms with E-state index in [9.17, 15) is 43.2 Å². The Morgan fingerprint density at radius 3 is 0.773 bits per heavy atom. The van der Waals surface area contributed by atoms with E-state index in [2.05, 4.69) is 48.5 Å². The number of phosphoric acid groups is 2. The van der Waals surface area contributed by atoms with Gasteiger partial charge in [-0.2, -0.15) is 0 Å². The maximum atomic E-state index is 13.0. The van der Waals surface area contributed by atoms with Gasteiger partial charge in [0.15, 0.2) is 12.2 Å². The second-order valence-electron chi connectivity index (χ2n) is 26.3. The Balaban J connectivity index is 5.26. The largest absolute Gasteiger partial charge is 0.472 e. The lowest BCUT2D eigenvalue weighted by atomic mass is 10.0. The Morgan fingerprint density at radius 1 is 0.307 bits per heavy atom. The van der Waals surface area contributed by atoms with Crippen LogP contribution in [0.4, 0.5) is 0 Å². The summed E-state index contributed by atoms with van der Waals surface area (Å²) >= 11 is 0. The monoisotopic (exact) mass is 1300 g/mol. The molecule has 88 heavy (non-hydrogen) atoms. The average molecular weight is 1300 g/mol. The first-order chi connectivity index (χ1) is 42.2. The van der Waals surface area contributed by atoms with Gasteiger partial charge in [-0.25, -0.2) is 9.13 Å². The van der Waals surface area contributed by atoms with Crippen LogP contribution in [0.15, 0.2) is 0 Å². The maximum Gasteiger partial charge on any atom is 0.472 e. The van der Waals surface area contributed by atoms with Crippen molar-refractivity contribution in [3.8, 4) is 0 Å². The molecule has 17 nitrogen and oxygen atoms in total. The van der Waals surface area contributed by atoms with Crippen molar-refractivity contribution in [2.24, 2.45) is 17.8 Å². The molecule has 0 fully saturated rings. The van der Waals surface area contributed by atoms with Gasteiger partial charge < -0.3 is 33.8 Å². The highest BCUT2D eigenvalue weighted by atomic mass is 31.2. The molecule has 0 aromatic rings. The van der Waals surface area contributed by atoms with Crippen molar-refractivity contribution >= 4 is 39.5 Å². The molecule has 0 saturated heterocycles. The van der Waals surface area contributed by atoms with E-state index in [4.69, 9.17) is 37.0 Å². The van der Waals surface area contributed by atoms with Crippen LogP contribution in [0.1, 0.15) is 344 Å². The number of ether oxygens (including phenoxy) is 4. The van der Waals surface area contributed by atoms with Crippen LogP contribution >= 0.6 is 15.6 Å². The predicted molar refractivity (Wildman–Crippen MR) is 354 cm³/mol. The molecule has 0 aromatic heterocycles. The summed E-state index contributed by atoms with van der Waals surface area (Å²) in [6, 6.07) is 0.